The summed E-state index contributed by atoms with van der Waals surface area (Å²) in [6, 6.07) is 3.64. The molecule has 1 amide bonds. The summed E-state index contributed by atoms with van der Waals surface area (Å²) in [5.74, 6) is 1.33. The molecule has 0 spiro atoms. The second-order valence-electron chi connectivity index (χ2n) is 6.92. The number of aromatic nitrogens is 3. The highest BCUT2D eigenvalue weighted by Gasteiger charge is 2.30. The summed E-state index contributed by atoms with van der Waals surface area (Å²) < 4.78 is 24.4. The van der Waals surface area contributed by atoms with Crippen LogP contribution in [0.4, 0.5) is 5.13 Å². The summed E-state index contributed by atoms with van der Waals surface area (Å²) in [5, 5.41) is 4.76. The Morgan fingerprint density at radius 3 is 2.70 bits per heavy atom. The lowest BCUT2D eigenvalue weighted by atomic mass is 10.2. The van der Waals surface area contributed by atoms with Crippen molar-refractivity contribution in [3.05, 3.63) is 23.9 Å². The molecule has 160 valence electrons. The Morgan fingerprint density at radius 1 is 1.27 bits per heavy atom. The van der Waals surface area contributed by atoms with Gasteiger partial charge >= 0.3 is 0 Å². The molecule has 30 heavy (non-hydrogen) atoms. The number of nitrogens with zero attached hydrogens (tertiary/aromatic N) is 4. The molecule has 0 bridgehead atoms. The van der Waals surface area contributed by atoms with Crippen LogP contribution in [0.25, 0.3) is 10.2 Å². The smallest absolute Gasteiger partial charge is 0.267 e. The van der Waals surface area contributed by atoms with E-state index in [0.717, 1.165) is 17.5 Å². The van der Waals surface area contributed by atoms with E-state index in [4.69, 9.17) is 23.9 Å². The van der Waals surface area contributed by atoms with Gasteiger partial charge < -0.3 is 18.9 Å². The normalized spacial score (nSPS) is 16.1. The van der Waals surface area contributed by atoms with Gasteiger partial charge in [0.1, 0.15) is 27.3 Å². The average molecular weight is 433 g/mol. The predicted molar refractivity (Wildman–Crippen MR) is 113 cm³/mol. The predicted octanol–water partition coefficient (Wildman–Crippen LogP) is 2.88. The average Bonchev–Trinajstić information content (AvgIpc) is 3.49. The van der Waals surface area contributed by atoms with Crippen LogP contribution in [0, 0.1) is 0 Å². The zero-order valence-corrected chi connectivity index (χ0v) is 18.2. The van der Waals surface area contributed by atoms with Crippen molar-refractivity contribution in [2.75, 3.05) is 39.4 Å². The number of rotatable bonds is 7. The van der Waals surface area contributed by atoms with Crippen molar-refractivity contribution in [2.24, 2.45) is 7.05 Å². The molecule has 0 radical (unpaired) electrons. The van der Waals surface area contributed by atoms with Crippen molar-refractivity contribution in [1.82, 2.24) is 14.8 Å². The number of fused-ring (bicyclic) bond motifs is 1. The number of hydrogen-bond acceptors (Lipinski definition) is 8. The van der Waals surface area contributed by atoms with Crippen molar-refractivity contribution in [3.8, 4) is 17.4 Å². The second-order valence-corrected chi connectivity index (χ2v) is 7.90. The lowest BCUT2D eigenvalue weighted by Crippen LogP contribution is -2.37. The van der Waals surface area contributed by atoms with Crippen LogP contribution in [0.3, 0.4) is 0 Å². The first kappa shape index (κ1) is 20.4. The number of thiazole rings is 1. The van der Waals surface area contributed by atoms with Crippen molar-refractivity contribution in [2.45, 2.75) is 18.9 Å². The molecule has 1 aliphatic heterocycles. The number of methoxy groups -OCH3 is 3. The molecule has 1 saturated heterocycles. The zero-order chi connectivity index (χ0) is 21.3. The van der Waals surface area contributed by atoms with E-state index in [2.05, 4.69) is 5.10 Å². The number of anilines is 1. The SMILES string of the molecule is COc1nn(C)cc1C(=O)N(CC1CCCO1)c1nc2c(OC)ccc(OC)c2s1. The third-order valence-corrected chi connectivity index (χ3v) is 6.10. The molecule has 3 heterocycles. The quantitative estimate of drug-likeness (QED) is 0.567. The lowest BCUT2D eigenvalue weighted by Gasteiger charge is -2.22. The number of ether oxygens (including phenoxy) is 4. The van der Waals surface area contributed by atoms with Gasteiger partial charge in [-0.2, -0.15) is 0 Å². The largest absolute Gasteiger partial charge is 0.495 e. The van der Waals surface area contributed by atoms with Gasteiger partial charge in [0.25, 0.3) is 5.91 Å². The number of hydrogen-bond donors (Lipinski definition) is 0. The number of carbonyl (C=O) groups excluding carboxylic acids is 1. The fourth-order valence-corrected chi connectivity index (χ4v) is 4.62. The van der Waals surface area contributed by atoms with E-state index in [0.29, 0.717) is 40.9 Å². The highest BCUT2D eigenvalue weighted by molar-refractivity contribution is 7.22. The van der Waals surface area contributed by atoms with E-state index in [9.17, 15) is 4.79 Å². The Labute approximate surface area is 178 Å². The molecule has 1 atom stereocenters. The van der Waals surface area contributed by atoms with Crippen molar-refractivity contribution < 1.29 is 23.7 Å². The maximum Gasteiger partial charge on any atom is 0.267 e. The van der Waals surface area contributed by atoms with Crippen LogP contribution < -0.4 is 19.1 Å². The molecule has 1 aromatic carbocycles. The van der Waals surface area contributed by atoms with Gasteiger partial charge in [0.05, 0.1) is 34.0 Å². The van der Waals surface area contributed by atoms with E-state index in [1.807, 2.05) is 6.07 Å². The van der Waals surface area contributed by atoms with Gasteiger partial charge in [0.15, 0.2) is 5.13 Å². The van der Waals surface area contributed by atoms with E-state index in [-0.39, 0.29) is 17.9 Å². The molecule has 1 aliphatic rings. The van der Waals surface area contributed by atoms with Crippen molar-refractivity contribution in [3.63, 3.8) is 0 Å². The van der Waals surface area contributed by atoms with Crippen LogP contribution in [0.1, 0.15) is 23.2 Å². The standard InChI is InChI=1S/C20H24N4O5S/c1-23-11-13(18(22-23)28-4)19(25)24(10-12-6-5-9-29-12)20-21-16-14(26-2)7-8-15(27-3)17(16)30-20/h7-8,11-12H,5-6,9-10H2,1-4H3. The Bertz CT molecular complexity index is 1020. The number of benzene rings is 1. The second kappa shape index (κ2) is 8.49. The van der Waals surface area contributed by atoms with Crippen LogP contribution in [0.15, 0.2) is 18.3 Å². The molecule has 3 aromatic rings. The monoisotopic (exact) mass is 432 g/mol. The third-order valence-electron chi connectivity index (χ3n) is 5.00. The van der Waals surface area contributed by atoms with Crippen LogP contribution in [0.5, 0.6) is 17.4 Å². The lowest BCUT2D eigenvalue weighted by molar-refractivity contribution is 0.0915. The zero-order valence-electron chi connectivity index (χ0n) is 17.4. The molecule has 9 nitrogen and oxygen atoms in total. The van der Waals surface area contributed by atoms with Crippen LogP contribution in [-0.4, -0.2) is 61.3 Å². The Kier molecular flexibility index (Phi) is 5.78. The van der Waals surface area contributed by atoms with E-state index >= 15 is 0 Å². The van der Waals surface area contributed by atoms with Crippen LogP contribution in [0.2, 0.25) is 0 Å². The molecule has 0 aliphatic carbocycles. The maximum absolute atomic E-state index is 13.6. The molecule has 1 unspecified atom stereocenters. The van der Waals surface area contributed by atoms with Gasteiger partial charge in [-0.25, -0.2) is 4.98 Å². The fraction of sp³-hybridized carbons (Fsp3) is 0.450. The molecule has 10 heteroatoms. The highest BCUT2D eigenvalue weighted by Crippen LogP contribution is 2.41. The van der Waals surface area contributed by atoms with Crippen molar-refractivity contribution >= 4 is 32.6 Å². The Hall–Kier alpha value is -2.85. The molecule has 1 fully saturated rings. The minimum absolute atomic E-state index is 0.0487. The third kappa shape index (κ3) is 3.68. The molecule has 0 saturated carbocycles. The van der Waals surface area contributed by atoms with Crippen molar-refractivity contribution in [1.29, 1.82) is 0 Å². The van der Waals surface area contributed by atoms with E-state index in [1.165, 1.54) is 18.4 Å². The summed E-state index contributed by atoms with van der Waals surface area (Å²) in [6.45, 7) is 1.09. The van der Waals surface area contributed by atoms with Gasteiger partial charge in [-0.15, -0.1) is 5.10 Å². The number of carbonyl (C=O) groups is 1. The van der Waals surface area contributed by atoms with Gasteiger partial charge in [0.2, 0.25) is 5.88 Å². The first-order valence-electron chi connectivity index (χ1n) is 9.58. The number of amides is 1. The molecular weight excluding hydrogens is 408 g/mol. The van der Waals surface area contributed by atoms with E-state index < -0.39 is 0 Å². The summed E-state index contributed by atoms with van der Waals surface area (Å²) in [7, 11) is 6.45. The van der Waals surface area contributed by atoms with E-state index in [1.54, 1.807) is 43.1 Å². The molecule has 4 rings (SSSR count). The molecular formula is C20H24N4O5S. The maximum atomic E-state index is 13.6. The highest BCUT2D eigenvalue weighted by atomic mass is 32.1. The molecule has 2 aromatic heterocycles. The summed E-state index contributed by atoms with van der Waals surface area (Å²) in [6.07, 6.45) is 3.47. The Morgan fingerprint density at radius 2 is 2.03 bits per heavy atom. The van der Waals surface area contributed by atoms with Gasteiger partial charge in [0, 0.05) is 19.9 Å². The topological polar surface area (TPSA) is 87.9 Å². The van der Waals surface area contributed by atoms with Gasteiger partial charge in [-0.3, -0.25) is 14.4 Å². The first-order valence-corrected chi connectivity index (χ1v) is 10.4. The minimum Gasteiger partial charge on any atom is -0.495 e. The summed E-state index contributed by atoms with van der Waals surface area (Å²) in [4.78, 5) is 19.9. The minimum atomic E-state index is -0.243. The fourth-order valence-electron chi connectivity index (χ4n) is 3.54. The number of aryl methyl sites for hydroxylation is 1. The first-order chi connectivity index (χ1) is 14.5. The van der Waals surface area contributed by atoms with Gasteiger partial charge in [-0.1, -0.05) is 11.3 Å². The van der Waals surface area contributed by atoms with Gasteiger partial charge in [-0.05, 0) is 25.0 Å². The summed E-state index contributed by atoms with van der Waals surface area (Å²) in [5.41, 5.74) is 1.02. The Balaban J connectivity index is 1.80. The molecule has 0 N–H and O–H groups in total. The summed E-state index contributed by atoms with van der Waals surface area (Å²) >= 11 is 1.38. The van der Waals surface area contributed by atoms with Crippen LogP contribution in [-0.2, 0) is 11.8 Å². The van der Waals surface area contributed by atoms with Crippen LogP contribution >= 0.6 is 11.3 Å².